The van der Waals surface area contributed by atoms with Gasteiger partial charge in [-0.15, -0.1) is 10.2 Å². The summed E-state index contributed by atoms with van der Waals surface area (Å²) in [5, 5.41) is 16.4. The van der Waals surface area contributed by atoms with Gasteiger partial charge in [0.25, 0.3) is 0 Å². The van der Waals surface area contributed by atoms with Crippen LogP contribution in [0.4, 0.5) is 0 Å². The number of aromatic nitrogens is 6. The van der Waals surface area contributed by atoms with Gasteiger partial charge in [0.2, 0.25) is 11.7 Å². The Labute approximate surface area is 135 Å². The molecule has 0 aliphatic carbocycles. The third-order valence-corrected chi connectivity index (χ3v) is 3.48. The Morgan fingerprint density at radius 3 is 2.55 bits per heavy atom. The Morgan fingerprint density at radius 1 is 1.18 bits per heavy atom. The van der Waals surface area contributed by atoms with E-state index in [1.54, 1.807) is 0 Å². The molecule has 8 heteroatoms. The highest BCUT2D eigenvalue weighted by Gasteiger charge is 2.22. The zero-order valence-electron chi connectivity index (χ0n) is 12.5. The standard InChI is InChI=1S/C14H15BrN6O/c1-14(2,3)13-16-11(19-22-13)8-21-18-12(17-20-21)9-4-6-10(15)7-5-9/h4-7H,8H2,1-3H3. The molecule has 3 rings (SSSR count). The minimum atomic E-state index is -0.177. The van der Waals surface area contributed by atoms with Crippen molar-refractivity contribution >= 4 is 15.9 Å². The molecule has 0 unspecified atom stereocenters. The summed E-state index contributed by atoms with van der Waals surface area (Å²) >= 11 is 3.40. The third-order valence-electron chi connectivity index (χ3n) is 2.95. The van der Waals surface area contributed by atoms with Crippen molar-refractivity contribution < 1.29 is 4.52 Å². The van der Waals surface area contributed by atoms with Crippen molar-refractivity contribution in [1.82, 2.24) is 30.3 Å². The number of hydrogen-bond donors (Lipinski definition) is 0. The lowest BCUT2D eigenvalue weighted by atomic mass is 9.97. The lowest BCUT2D eigenvalue weighted by Crippen LogP contribution is -2.12. The van der Waals surface area contributed by atoms with Crippen LogP contribution < -0.4 is 0 Å². The van der Waals surface area contributed by atoms with Gasteiger partial charge in [-0.2, -0.15) is 9.78 Å². The monoisotopic (exact) mass is 362 g/mol. The second-order valence-corrected chi connectivity index (χ2v) is 6.83. The first kappa shape index (κ1) is 14.8. The van der Waals surface area contributed by atoms with Crippen LogP contribution in [0.5, 0.6) is 0 Å². The van der Waals surface area contributed by atoms with Gasteiger partial charge in [-0.25, -0.2) is 0 Å². The van der Waals surface area contributed by atoms with Gasteiger partial charge in [0.05, 0.1) is 0 Å². The number of halogens is 1. The summed E-state index contributed by atoms with van der Waals surface area (Å²) in [6.45, 7) is 6.38. The maximum atomic E-state index is 5.25. The highest BCUT2D eigenvalue weighted by molar-refractivity contribution is 9.10. The molecule has 0 bridgehead atoms. The van der Waals surface area contributed by atoms with Gasteiger partial charge in [-0.05, 0) is 29.5 Å². The SMILES string of the molecule is CC(C)(C)c1nc(Cn2nnc(-c3ccc(Br)cc3)n2)no1. The number of benzene rings is 1. The van der Waals surface area contributed by atoms with Crippen molar-refractivity contribution in [2.24, 2.45) is 0 Å². The van der Waals surface area contributed by atoms with E-state index in [0.29, 0.717) is 24.1 Å². The van der Waals surface area contributed by atoms with Gasteiger partial charge in [0.15, 0.2) is 5.82 Å². The van der Waals surface area contributed by atoms with Gasteiger partial charge >= 0.3 is 0 Å². The van der Waals surface area contributed by atoms with Crippen LogP contribution >= 0.6 is 15.9 Å². The van der Waals surface area contributed by atoms with E-state index in [4.69, 9.17) is 4.52 Å². The van der Waals surface area contributed by atoms with Crippen molar-refractivity contribution in [3.05, 3.63) is 40.5 Å². The van der Waals surface area contributed by atoms with E-state index in [0.717, 1.165) is 10.0 Å². The molecule has 0 aliphatic heterocycles. The molecule has 0 saturated carbocycles. The number of hydrogen-bond acceptors (Lipinski definition) is 6. The van der Waals surface area contributed by atoms with E-state index >= 15 is 0 Å². The maximum absolute atomic E-state index is 5.25. The lowest BCUT2D eigenvalue weighted by Gasteiger charge is -2.10. The van der Waals surface area contributed by atoms with Crippen LogP contribution in [0.15, 0.2) is 33.3 Å². The second-order valence-electron chi connectivity index (χ2n) is 5.92. The summed E-state index contributed by atoms with van der Waals surface area (Å²) in [4.78, 5) is 5.81. The molecule has 0 saturated heterocycles. The molecule has 0 fully saturated rings. The molecule has 0 amide bonds. The Morgan fingerprint density at radius 2 is 1.91 bits per heavy atom. The summed E-state index contributed by atoms with van der Waals surface area (Å²) in [7, 11) is 0. The fourth-order valence-electron chi connectivity index (χ4n) is 1.77. The summed E-state index contributed by atoms with van der Waals surface area (Å²) in [6, 6.07) is 7.73. The van der Waals surface area contributed by atoms with Crippen LogP contribution in [-0.4, -0.2) is 30.3 Å². The minimum absolute atomic E-state index is 0.177. The average molecular weight is 363 g/mol. The first-order chi connectivity index (χ1) is 10.4. The molecule has 3 aromatic rings. The third kappa shape index (κ3) is 3.22. The van der Waals surface area contributed by atoms with Crippen LogP contribution in [-0.2, 0) is 12.0 Å². The molecule has 2 heterocycles. The fraction of sp³-hybridized carbons (Fsp3) is 0.357. The average Bonchev–Trinajstić information content (AvgIpc) is 3.09. The van der Waals surface area contributed by atoms with Gasteiger partial charge in [-0.1, -0.05) is 41.9 Å². The zero-order valence-corrected chi connectivity index (χ0v) is 14.1. The first-order valence-electron chi connectivity index (χ1n) is 6.78. The summed E-state index contributed by atoms with van der Waals surface area (Å²) < 4.78 is 6.26. The Hall–Kier alpha value is -2.09. The lowest BCUT2D eigenvalue weighted by molar-refractivity contribution is 0.317. The fourth-order valence-corrected chi connectivity index (χ4v) is 2.04. The molecule has 0 spiro atoms. The molecular weight excluding hydrogens is 348 g/mol. The van der Waals surface area contributed by atoms with Crippen molar-refractivity contribution in [1.29, 1.82) is 0 Å². The van der Waals surface area contributed by atoms with Crippen LogP contribution in [0.25, 0.3) is 11.4 Å². The zero-order chi connectivity index (χ0) is 15.7. The Kier molecular flexibility index (Phi) is 3.78. The van der Waals surface area contributed by atoms with E-state index < -0.39 is 0 Å². The van der Waals surface area contributed by atoms with Crippen LogP contribution in [0.2, 0.25) is 0 Å². The van der Waals surface area contributed by atoms with Gasteiger partial charge < -0.3 is 4.52 Å². The topological polar surface area (TPSA) is 82.5 Å². The van der Waals surface area contributed by atoms with E-state index in [9.17, 15) is 0 Å². The largest absolute Gasteiger partial charge is 0.339 e. The smallest absolute Gasteiger partial charge is 0.232 e. The summed E-state index contributed by atoms with van der Waals surface area (Å²) in [5.74, 6) is 1.69. The number of tetrazole rings is 1. The van der Waals surface area contributed by atoms with E-state index in [2.05, 4.69) is 41.5 Å². The molecule has 114 valence electrons. The van der Waals surface area contributed by atoms with Crippen molar-refractivity contribution in [2.75, 3.05) is 0 Å². The van der Waals surface area contributed by atoms with Crippen LogP contribution in [0, 0.1) is 0 Å². The molecule has 22 heavy (non-hydrogen) atoms. The van der Waals surface area contributed by atoms with E-state index in [1.807, 2.05) is 45.0 Å². The molecular formula is C14H15BrN6O. The summed E-state index contributed by atoms with van der Waals surface area (Å²) in [6.07, 6.45) is 0. The molecule has 0 N–H and O–H groups in total. The van der Waals surface area contributed by atoms with Gasteiger partial charge in [0.1, 0.15) is 6.54 Å². The minimum Gasteiger partial charge on any atom is -0.339 e. The summed E-state index contributed by atoms with van der Waals surface area (Å²) in [5.41, 5.74) is 0.724. The maximum Gasteiger partial charge on any atom is 0.232 e. The predicted octanol–water partition coefficient (Wildman–Crippen LogP) is 2.83. The Bertz CT molecular complexity index is 771. The van der Waals surface area contributed by atoms with Gasteiger partial charge in [0, 0.05) is 15.5 Å². The Balaban J connectivity index is 1.77. The first-order valence-corrected chi connectivity index (χ1v) is 7.58. The molecule has 7 nitrogen and oxygen atoms in total. The highest BCUT2D eigenvalue weighted by Crippen LogP contribution is 2.20. The quantitative estimate of drug-likeness (QED) is 0.712. The number of nitrogens with zero attached hydrogens (tertiary/aromatic N) is 6. The molecule has 2 aromatic heterocycles. The number of rotatable bonds is 3. The van der Waals surface area contributed by atoms with Crippen LogP contribution in [0.1, 0.15) is 32.5 Å². The predicted molar refractivity (Wildman–Crippen MR) is 83.1 cm³/mol. The molecule has 1 aromatic carbocycles. The second kappa shape index (κ2) is 5.60. The van der Waals surface area contributed by atoms with E-state index in [-0.39, 0.29) is 5.41 Å². The highest BCUT2D eigenvalue weighted by atomic mass is 79.9. The molecule has 0 atom stereocenters. The van der Waals surface area contributed by atoms with Crippen LogP contribution in [0.3, 0.4) is 0 Å². The molecule has 0 radical (unpaired) electrons. The van der Waals surface area contributed by atoms with Crippen molar-refractivity contribution in [3.8, 4) is 11.4 Å². The van der Waals surface area contributed by atoms with E-state index in [1.165, 1.54) is 4.80 Å². The van der Waals surface area contributed by atoms with Crippen molar-refractivity contribution in [2.45, 2.75) is 32.7 Å². The van der Waals surface area contributed by atoms with Crippen molar-refractivity contribution in [3.63, 3.8) is 0 Å². The molecule has 0 aliphatic rings. The van der Waals surface area contributed by atoms with Gasteiger partial charge in [-0.3, -0.25) is 0 Å². The normalized spacial score (nSPS) is 11.8.